The van der Waals surface area contributed by atoms with Crippen molar-refractivity contribution in [2.24, 2.45) is 0 Å². The second-order valence-corrected chi connectivity index (χ2v) is 6.29. The van der Waals surface area contributed by atoms with E-state index in [4.69, 9.17) is 11.6 Å². The molecule has 3 aromatic rings. The number of nitrogens with one attached hydrogen (secondary N) is 1. The first-order valence-electron chi connectivity index (χ1n) is 7.63. The van der Waals surface area contributed by atoms with Crippen LogP contribution in [0.3, 0.4) is 0 Å². The number of aromatic nitrogens is 2. The topological polar surface area (TPSA) is 37.8 Å². The number of aromatic amines is 1. The van der Waals surface area contributed by atoms with Crippen LogP contribution in [0.1, 0.15) is 24.6 Å². The molecule has 0 amide bonds. The lowest BCUT2D eigenvalue weighted by Gasteiger charge is -2.12. The summed E-state index contributed by atoms with van der Waals surface area (Å²) in [6.45, 7) is 2.62. The van der Waals surface area contributed by atoms with E-state index in [0.29, 0.717) is 33.9 Å². The minimum atomic E-state index is -4.32. The van der Waals surface area contributed by atoms with E-state index in [-0.39, 0.29) is 10.6 Å². The van der Waals surface area contributed by atoms with Crippen LogP contribution in [0.2, 0.25) is 5.02 Å². The van der Waals surface area contributed by atoms with E-state index in [1.165, 1.54) is 10.6 Å². The molecule has 128 valence electrons. The third-order valence-electron chi connectivity index (χ3n) is 4.21. The molecule has 0 fully saturated rings. The van der Waals surface area contributed by atoms with Crippen molar-refractivity contribution in [2.75, 3.05) is 0 Å². The van der Waals surface area contributed by atoms with E-state index in [1.807, 2.05) is 6.92 Å². The van der Waals surface area contributed by atoms with Gasteiger partial charge in [-0.3, -0.25) is 4.79 Å². The predicted molar refractivity (Wildman–Crippen MR) is 89.9 cm³/mol. The van der Waals surface area contributed by atoms with Gasteiger partial charge in [0.15, 0.2) is 0 Å². The number of benzene rings is 1. The number of pyridine rings is 1. The third kappa shape index (κ3) is 2.79. The normalized spacial score (nSPS) is 12.4. The number of halogens is 4. The fraction of sp³-hybridized carbons (Fsp3) is 0.353. The van der Waals surface area contributed by atoms with Crippen molar-refractivity contribution in [1.82, 2.24) is 9.55 Å². The van der Waals surface area contributed by atoms with Crippen molar-refractivity contribution in [2.45, 2.75) is 39.4 Å². The molecule has 0 spiro atoms. The lowest BCUT2D eigenvalue weighted by Crippen LogP contribution is -2.18. The molecule has 0 bridgehead atoms. The molecule has 1 aromatic carbocycles. The summed E-state index contributed by atoms with van der Waals surface area (Å²) in [5, 5.41) is 1.54. The van der Waals surface area contributed by atoms with Crippen LogP contribution in [-0.4, -0.2) is 15.7 Å². The van der Waals surface area contributed by atoms with Gasteiger partial charge in [-0.1, -0.05) is 24.9 Å². The monoisotopic (exact) mass is 356 g/mol. The van der Waals surface area contributed by atoms with Gasteiger partial charge in [-0.25, -0.2) is 0 Å². The quantitative estimate of drug-likeness (QED) is 0.707. The van der Waals surface area contributed by atoms with Crippen LogP contribution < -0.4 is 5.56 Å². The first kappa shape index (κ1) is 16.9. The van der Waals surface area contributed by atoms with Crippen LogP contribution in [0.4, 0.5) is 13.2 Å². The standard InChI is InChI=1S/C17H16ClF3N2O/c1-3-4-10-9(2)23(8-17(19,20)21)13-6-5-12-16(15(10)13)11(18)7-14(24)22-12/h5-7H,3-4,8H2,1-2H3,(H,22,24). The van der Waals surface area contributed by atoms with E-state index in [0.717, 1.165) is 12.0 Å². The van der Waals surface area contributed by atoms with E-state index in [1.54, 1.807) is 19.1 Å². The molecule has 1 N–H and O–H groups in total. The molecule has 24 heavy (non-hydrogen) atoms. The van der Waals surface area contributed by atoms with E-state index < -0.39 is 12.7 Å². The molecule has 0 unspecified atom stereocenters. The van der Waals surface area contributed by atoms with Gasteiger partial charge >= 0.3 is 6.18 Å². The Kier molecular flexibility index (Phi) is 4.11. The van der Waals surface area contributed by atoms with Gasteiger partial charge in [0, 0.05) is 28.0 Å². The van der Waals surface area contributed by atoms with Gasteiger partial charge in [-0.2, -0.15) is 13.2 Å². The van der Waals surface area contributed by atoms with Gasteiger partial charge < -0.3 is 9.55 Å². The van der Waals surface area contributed by atoms with Crippen LogP contribution in [0.15, 0.2) is 23.0 Å². The minimum Gasteiger partial charge on any atom is -0.335 e. The van der Waals surface area contributed by atoms with Gasteiger partial charge in [0.2, 0.25) is 5.56 Å². The van der Waals surface area contributed by atoms with Crippen molar-refractivity contribution in [1.29, 1.82) is 0 Å². The number of hydrogen-bond donors (Lipinski definition) is 1. The highest BCUT2D eigenvalue weighted by Crippen LogP contribution is 2.37. The maximum absolute atomic E-state index is 13.0. The maximum atomic E-state index is 13.0. The smallest absolute Gasteiger partial charge is 0.335 e. The molecule has 0 aliphatic rings. The molecule has 2 heterocycles. The summed E-state index contributed by atoms with van der Waals surface area (Å²) in [6, 6.07) is 4.48. The highest BCUT2D eigenvalue weighted by molar-refractivity contribution is 6.37. The maximum Gasteiger partial charge on any atom is 0.406 e. The average molecular weight is 357 g/mol. The van der Waals surface area contributed by atoms with E-state index >= 15 is 0 Å². The predicted octanol–water partition coefficient (Wildman–Crippen LogP) is 4.96. The van der Waals surface area contributed by atoms with Crippen molar-refractivity contribution < 1.29 is 13.2 Å². The van der Waals surface area contributed by atoms with E-state index in [9.17, 15) is 18.0 Å². The first-order valence-corrected chi connectivity index (χ1v) is 8.00. The SMILES string of the molecule is CCCc1c(C)n(CC(F)(F)F)c2ccc3[nH]c(=O)cc(Cl)c3c12. The summed E-state index contributed by atoms with van der Waals surface area (Å²) < 4.78 is 40.3. The number of fused-ring (bicyclic) bond motifs is 3. The molecule has 0 saturated carbocycles. The highest BCUT2D eigenvalue weighted by atomic mass is 35.5. The van der Waals surface area contributed by atoms with Crippen LogP contribution in [0, 0.1) is 6.92 Å². The molecule has 0 aliphatic carbocycles. The minimum absolute atomic E-state index is 0.251. The molecule has 0 saturated heterocycles. The molecule has 2 aromatic heterocycles. The number of hydrogen-bond acceptors (Lipinski definition) is 1. The number of rotatable bonds is 3. The zero-order valence-corrected chi connectivity index (χ0v) is 14.0. The second kappa shape index (κ2) is 5.84. The van der Waals surface area contributed by atoms with Crippen LogP contribution >= 0.6 is 11.6 Å². The van der Waals surface area contributed by atoms with Crippen molar-refractivity contribution in [3.05, 3.63) is 44.8 Å². The van der Waals surface area contributed by atoms with Gasteiger partial charge in [0.05, 0.1) is 10.5 Å². The zero-order valence-electron chi connectivity index (χ0n) is 13.2. The second-order valence-electron chi connectivity index (χ2n) is 5.88. The van der Waals surface area contributed by atoms with Gasteiger partial charge in [0.1, 0.15) is 6.54 Å². The summed E-state index contributed by atoms with van der Waals surface area (Å²) in [5.74, 6) is 0. The summed E-state index contributed by atoms with van der Waals surface area (Å²) >= 11 is 6.26. The molecular formula is C17H16ClF3N2O. The molecule has 3 rings (SSSR count). The Balaban J connectivity index is 2.46. The van der Waals surface area contributed by atoms with Crippen molar-refractivity contribution in [3.63, 3.8) is 0 Å². The number of H-pyrrole nitrogens is 1. The highest BCUT2D eigenvalue weighted by Gasteiger charge is 2.30. The fourth-order valence-corrected chi connectivity index (χ4v) is 3.59. The van der Waals surface area contributed by atoms with Crippen LogP contribution in [-0.2, 0) is 13.0 Å². The Morgan fingerprint density at radius 2 is 1.96 bits per heavy atom. The summed E-state index contributed by atoms with van der Waals surface area (Å²) in [6.07, 6.45) is -2.88. The summed E-state index contributed by atoms with van der Waals surface area (Å²) in [4.78, 5) is 14.3. The molecule has 3 nitrogen and oxygen atoms in total. The number of aryl methyl sites for hydroxylation is 1. The number of nitrogens with zero attached hydrogens (tertiary/aromatic N) is 1. The molecule has 7 heteroatoms. The Morgan fingerprint density at radius 1 is 1.25 bits per heavy atom. The van der Waals surface area contributed by atoms with Gasteiger partial charge in [-0.05, 0) is 31.0 Å². The largest absolute Gasteiger partial charge is 0.406 e. The van der Waals surface area contributed by atoms with Crippen molar-refractivity contribution >= 4 is 33.4 Å². The Hall–Kier alpha value is -1.95. The van der Waals surface area contributed by atoms with E-state index in [2.05, 4.69) is 4.98 Å². The van der Waals surface area contributed by atoms with Gasteiger partial charge in [0.25, 0.3) is 0 Å². The fourth-order valence-electron chi connectivity index (χ4n) is 3.29. The number of alkyl halides is 3. The van der Waals surface area contributed by atoms with Gasteiger partial charge in [-0.15, -0.1) is 0 Å². The van der Waals surface area contributed by atoms with Crippen LogP contribution in [0.5, 0.6) is 0 Å². The lowest BCUT2D eigenvalue weighted by molar-refractivity contribution is -0.140. The Labute approximate surface area is 141 Å². The first-order chi connectivity index (χ1) is 11.2. The van der Waals surface area contributed by atoms with Crippen molar-refractivity contribution in [3.8, 4) is 0 Å². The molecule has 0 atom stereocenters. The molecular weight excluding hydrogens is 341 g/mol. The summed E-state index contributed by atoms with van der Waals surface area (Å²) in [7, 11) is 0. The van der Waals surface area contributed by atoms with Crippen LogP contribution in [0.25, 0.3) is 21.8 Å². The molecule has 0 aliphatic heterocycles. The zero-order chi connectivity index (χ0) is 17.6. The Bertz CT molecular complexity index is 986. The third-order valence-corrected chi connectivity index (χ3v) is 4.51. The Morgan fingerprint density at radius 3 is 2.58 bits per heavy atom. The molecule has 0 radical (unpaired) electrons. The average Bonchev–Trinajstić information content (AvgIpc) is 2.71. The summed E-state index contributed by atoms with van der Waals surface area (Å²) in [5.41, 5.74) is 2.10. The lowest BCUT2D eigenvalue weighted by atomic mass is 10.0.